The van der Waals surface area contributed by atoms with Crippen molar-refractivity contribution >= 4 is 33.6 Å². The summed E-state index contributed by atoms with van der Waals surface area (Å²) in [5, 5.41) is 13.4. The summed E-state index contributed by atoms with van der Waals surface area (Å²) < 4.78 is 29.2. The van der Waals surface area contributed by atoms with E-state index in [1.807, 2.05) is 37.8 Å². The molecule has 1 saturated heterocycles. The summed E-state index contributed by atoms with van der Waals surface area (Å²) in [6.45, 7) is 8.09. The van der Waals surface area contributed by atoms with Gasteiger partial charge in [0, 0.05) is 35.9 Å². The number of aryl methyl sites for hydroxylation is 1. The molecule has 4 rings (SSSR count). The van der Waals surface area contributed by atoms with E-state index in [9.17, 15) is 18.4 Å². The van der Waals surface area contributed by atoms with Gasteiger partial charge < -0.3 is 15.5 Å². The molecule has 2 aromatic carbocycles. The zero-order valence-electron chi connectivity index (χ0n) is 22.3. The van der Waals surface area contributed by atoms with Crippen LogP contribution in [0.1, 0.15) is 49.9 Å². The van der Waals surface area contributed by atoms with Crippen LogP contribution in [0.2, 0.25) is 0 Å². The molecule has 2 N–H and O–H groups in total. The van der Waals surface area contributed by atoms with Gasteiger partial charge >= 0.3 is 6.03 Å². The molecule has 0 aliphatic carbocycles. The van der Waals surface area contributed by atoms with Crippen molar-refractivity contribution < 1.29 is 18.4 Å². The van der Waals surface area contributed by atoms with Crippen molar-refractivity contribution in [3.05, 3.63) is 75.5 Å². The maximum absolute atomic E-state index is 13.7. The molecule has 39 heavy (non-hydrogen) atoms. The molecule has 1 fully saturated rings. The highest BCUT2D eigenvalue weighted by molar-refractivity contribution is 9.10. The Labute approximate surface area is 235 Å². The van der Waals surface area contributed by atoms with Crippen LogP contribution < -0.4 is 10.6 Å². The average Bonchev–Trinajstić information content (AvgIpc) is 3.21. The van der Waals surface area contributed by atoms with Crippen molar-refractivity contribution in [3.8, 4) is 0 Å². The molecule has 0 bridgehead atoms. The largest absolute Gasteiger partial charge is 0.342 e. The smallest absolute Gasteiger partial charge is 0.319 e. The van der Waals surface area contributed by atoms with Crippen LogP contribution in [0.25, 0.3) is 0 Å². The molecular weight excluding hydrogens is 570 g/mol. The topological polar surface area (TPSA) is 92.2 Å². The summed E-state index contributed by atoms with van der Waals surface area (Å²) in [5.41, 5.74) is 2.15. The number of nitrogens with one attached hydrogen (secondary N) is 2. The van der Waals surface area contributed by atoms with E-state index >= 15 is 0 Å². The maximum atomic E-state index is 13.7. The average molecular weight is 604 g/mol. The quantitative estimate of drug-likeness (QED) is 0.370. The molecule has 1 aromatic heterocycles. The predicted octanol–water partition coefficient (Wildman–Crippen LogP) is 5.56. The Hall–Kier alpha value is -3.34. The maximum Gasteiger partial charge on any atom is 0.319 e. The van der Waals surface area contributed by atoms with Gasteiger partial charge in [-0.1, -0.05) is 39.7 Å². The second-order valence-electron chi connectivity index (χ2n) is 10.6. The van der Waals surface area contributed by atoms with E-state index in [1.54, 1.807) is 10.9 Å². The first-order valence-electron chi connectivity index (χ1n) is 13.0. The zero-order valence-corrected chi connectivity index (χ0v) is 23.9. The standard InChI is InChI=1S/C28H33BrF2N6O2/c1-18-12-20(7-9-23(18)29)28(2,3)26(38)36-11-5-4-6-19(15-36)16-37-17-22(34-35-37)14-32-27(39)33-21-8-10-24(30)25(31)13-21/h7-10,12-13,17,19H,4-6,11,14-16H2,1-3H3,(H2,32,33,39). The summed E-state index contributed by atoms with van der Waals surface area (Å²) in [4.78, 5) is 27.8. The van der Waals surface area contributed by atoms with Crippen molar-refractivity contribution in [1.82, 2.24) is 25.2 Å². The summed E-state index contributed by atoms with van der Waals surface area (Å²) in [6.07, 6.45) is 4.73. The summed E-state index contributed by atoms with van der Waals surface area (Å²) in [5.74, 6) is -1.69. The second kappa shape index (κ2) is 12.2. The first-order chi connectivity index (χ1) is 18.5. The Morgan fingerprint density at radius 3 is 2.67 bits per heavy atom. The van der Waals surface area contributed by atoms with Crippen LogP contribution in [-0.4, -0.2) is 44.9 Å². The van der Waals surface area contributed by atoms with Crippen molar-refractivity contribution in [1.29, 1.82) is 0 Å². The highest BCUT2D eigenvalue weighted by Crippen LogP contribution is 2.31. The fourth-order valence-corrected chi connectivity index (χ4v) is 5.06. The minimum absolute atomic E-state index is 0.117. The normalized spacial score (nSPS) is 16.1. The Kier molecular flexibility index (Phi) is 8.99. The van der Waals surface area contributed by atoms with Gasteiger partial charge in [0.1, 0.15) is 5.69 Å². The number of nitrogens with zero attached hydrogens (tertiary/aromatic N) is 4. The van der Waals surface area contributed by atoms with Gasteiger partial charge in [0.2, 0.25) is 5.91 Å². The van der Waals surface area contributed by atoms with Gasteiger partial charge in [-0.2, -0.15) is 0 Å². The number of hydrogen-bond donors (Lipinski definition) is 2. The Morgan fingerprint density at radius 1 is 1.13 bits per heavy atom. The van der Waals surface area contributed by atoms with E-state index < -0.39 is 23.1 Å². The van der Waals surface area contributed by atoms with Crippen molar-refractivity contribution in [2.75, 3.05) is 18.4 Å². The third kappa shape index (κ3) is 7.20. The van der Waals surface area contributed by atoms with Crippen molar-refractivity contribution in [3.63, 3.8) is 0 Å². The first kappa shape index (κ1) is 28.7. The Bertz CT molecular complexity index is 1350. The van der Waals surface area contributed by atoms with E-state index in [4.69, 9.17) is 0 Å². The summed E-state index contributed by atoms with van der Waals surface area (Å²) in [7, 11) is 0. The molecule has 208 valence electrons. The number of carbonyl (C=O) groups excluding carboxylic acids is 2. The van der Waals surface area contributed by atoms with E-state index in [1.165, 1.54) is 6.07 Å². The molecular formula is C28H33BrF2N6O2. The third-order valence-electron chi connectivity index (χ3n) is 7.11. The SMILES string of the molecule is Cc1cc(C(C)(C)C(=O)N2CCCCC(Cn3cc(CNC(=O)Nc4ccc(F)c(F)c4)nn3)C2)ccc1Br. The number of benzene rings is 2. The lowest BCUT2D eigenvalue weighted by molar-refractivity contribution is -0.136. The van der Waals surface area contributed by atoms with E-state index in [0.29, 0.717) is 18.8 Å². The lowest BCUT2D eigenvalue weighted by atomic mass is 9.82. The molecule has 3 aromatic rings. The van der Waals surface area contributed by atoms with Crippen LogP contribution in [0, 0.1) is 24.5 Å². The highest BCUT2D eigenvalue weighted by Gasteiger charge is 2.35. The molecule has 1 aliphatic rings. The van der Waals surface area contributed by atoms with Crippen LogP contribution >= 0.6 is 15.9 Å². The summed E-state index contributed by atoms with van der Waals surface area (Å²) in [6, 6.07) is 8.63. The van der Waals surface area contributed by atoms with Crippen molar-refractivity contribution in [2.45, 2.75) is 58.5 Å². The van der Waals surface area contributed by atoms with Gasteiger partial charge in [0.05, 0.1) is 18.2 Å². The Balaban J connectivity index is 1.33. The molecule has 8 nitrogen and oxygen atoms in total. The number of halogens is 3. The lowest BCUT2D eigenvalue weighted by Gasteiger charge is -2.33. The van der Waals surface area contributed by atoms with Gasteiger partial charge in [-0.15, -0.1) is 5.10 Å². The van der Waals surface area contributed by atoms with Gasteiger partial charge in [-0.25, -0.2) is 13.6 Å². The minimum Gasteiger partial charge on any atom is -0.342 e. The predicted molar refractivity (Wildman–Crippen MR) is 148 cm³/mol. The fourth-order valence-electron chi connectivity index (χ4n) is 4.81. The van der Waals surface area contributed by atoms with E-state index in [0.717, 1.165) is 53.5 Å². The highest BCUT2D eigenvalue weighted by atomic mass is 79.9. The number of anilines is 1. The molecule has 0 radical (unpaired) electrons. The van der Waals surface area contributed by atoms with Crippen LogP contribution in [0.5, 0.6) is 0 Å². The third-order valence-corrected chi connectivity index (χ3v) is 8.00. The number of carbonyl (C=O) groups is 2. The lowest BCUT2D eigenvalue weighted by Crippen LogP contribution is -2.45. The molecule has 2 heterocycles. The van der Waals surface area contributed by atoms with Crippen LogP contribution in [-0.2, 0) is 23.3 Å². The number of likely N-dealkylation sites (tertiary alicyclic amines) is 1. The second-order valence-corrected chi connectivity index (χ2v) is 11.4. The monoisotopic (exact) mass is 602 g/mol. The number of hydrogen-bond acceptors (Lipinski definition) is 4. The van der Waals surface area contributed by atoms with Crippen LogP contribution in [0.15, 0.2) is 47.1 Å². The summed E-state index contributed by atoms with van der Waals surface area (Å²) >= 11 is 3.54. The molecule has 3 amide bonds. The molecule has 1 atom stereocenters. The van der Waals surface area contributed by atoms with Gasteiger partial charge in [0.25, 0.3) is 0 Å². The Morgan fingerprint density at radius 2 is 1.92 bits per heavy atom. The first-order valence-corrected chi connectivity index (χ1v) is 13.8. The molecule has 1 aliphatic heterocycles. The molecule has 0 spiro atoms. The molecule has 1 unspecified atom stereocenters. The van der Waals surface area contributed by atoms with E-state index in [-0.39, 0.29) is 24.1 Å². The zero-order chi connectivity index (χ0) is 28.2. The van der Waals surface area contributed by atoms with Crippen LogP contribution in [0.3, 0.4) is 0 Å². The minimum atomic E-state index is -1.04. The number of amides is 3. The van der Waals surface area contributed by atoms with Crippen molar-refractivity contribution in [2.24, 2.45) is 5.92 Å². The van der Waals surface area contributed by atoms with Gasteiger partial charge in [-0.05, 0) is 68.9 Å². The van der Waals surface area contributed by atoms with Gasteiger partial charge in [0.15, 0.2) is 11.6 Å². The molecule has 11 heteroatoms. The number of urea groups is 1. The fraction of sp³-hybridized carbons (Fsp3) is 0.429. The van der Waals surface area contributed by atoms with Crippen LogP contribution in [0.4, 0.5) is 19.3 Å². The van der Waals surface area contributed by atoms with Gasteiger partial charge in [-0.3, -0.25) is 9.48 Å². The molecule has 0 saturated carbocycles. The number of rotatable bonds is 7. The number of aromatic nitrogens is 3. The van der Waals surface area contributed by atoms with E-state index in [2.05, 4.69) is 42.9 Å².